The maximum atomic E-state index is 12.1. The molecule has 1 aromatic carbocycles. The van der Waals surface area contributed by atoms with Crippen LogP contribution >= 0.6 is 15.9 Å². The first-order valence-electron chi connectivity index (χ1n) is 6.74. The van der Waals surface area contributed by atoms with Crippen molar-refractivity contribution in [3.63, 3.8) is 0 Å². The van der Waals surface area contributed by atoms with Gasteiger partial charge in [-0.3, -0.25) is 4.79 Å². The molecule has 0 amide bonds. The Labute approximate surface area is 125 Å². The molecule has 0 unspecified atom stereocenters. The van der Waals surface area contributed by atoms with Crippen LogP contribution in [0.3, 0.4) is 0 Å². The molecule has 0 bridgehead atoms. The van der Waals surface area contributed by atoms with E-state index in [9.17, 15) is 9.90 Å². The van der Waals surface area contributed by atoms with Crippen molar-refractivity contribution in [1.29, 1.82) is 0 Å². The third-order valence-corrected chi connectivity index (χ3v) is 4.54. The molecule has 5 heteroatoms. The quantitative estimate of drug-likeness (QED) is 0.882. The maximum absolute atomic E-state index is 12.1. The number of phenolic OH excluding ortho intramolecular Hbond substituents is 1. The molecular weight excluding hydrogens is 320 g/mol. The van der Waals surface area contributed by atoms with Gasteiger partial charge in [-0.15, -0.1) is 0 Å². The van der Waals surface area contributed by atoms with Crippen molar-refractivity contribution in [2.45, 2.75) is 31.6 Å². The van der Waals surface area contributed by atoms with Crippen molar-refractivity contribution in [3.8, 4) is 17.1 Å². The van der Waals surface area contributed by atoms with E-state index in [-0.39, 0.29) is 11.3 Å². The second-order valence-electron chi connectivity index (χ2n) is 5.14. The maximum Gasteiger partial charge on any atom is 0.265 e. The summed E-state index contributed by atoms with van der Waals surface area (Å²) < 4.78 is 0.548. The zero-order valence-electron chi connectivity index (χ0n) is 10.9. The molecule has 0 saturated heterocycles. The van der Waals surface area contributed by atoms with Gasteiger partial charge in [-0.2, -0.15) is 0 Å². The molecule has 1 aromatic heterocycles. The fourth-order valence-corrected chi connectivity index (χ4v) is 3.21. The van der Waals surface area contributed by atoms with E-state index in [1.165, 1.54) is 12.8 Å². The SMILES string of the molecule is O=c1[nH]c(-c2ccc(O)cc2)nc(C2CCCC2)c1Br. The van der Waals surface area contributed by atoms with Gasteiger partial charge in [-0.25, -0.2) is 4.98 Å². The average molecular weight is 335 g/mol. The van der Waals surface area contributed by atoms with Crippen molar-refractivity contribution >= 4 is 15.9 Å². The molecule has 1 saturated carbocycles. The Bertz CT molecular complexity index is 673. The lowest BCUT2D eigenvalue weighted by molar-refractivity contribution is 0.475. The minimum Gasteiger partial charge on any atom is -0.508 e. The molecule has 0 radical (unpaired) electrons. The normalized spacial score (nSPS) is 15.7. The smallest absolute Gasteiger partial charge is 0.265 e. The van der Waals surface area contributed by atoms with Crippen molar-refractivity contribution in [2.24, 2.45) is 0 Å². The lowest BCUT2D eigenvalue weighted by Gasteiger charge is -2.12. The molecule has 2 aromatic rings. The second-order valence-corrected chi connectivity index (χ2v) is 5.94. The topological polar surface area (TPSA) is 66.0 Å². The molecule has 20 heavy (non-hydrogen) atoms. The van der Waals surface area contributed by atoms with Gasteiger partial charge in [0, 0.05) is 11.5 Å². The fraction of sp³-hybridized carbons (Fsp3) is 0.333. The molecule has 0 atom stereocenters. The Morgan fingerprint density at radius 1 is 1.20 bits per heavy atom. The molecule has 1 aliphatic rings. The van der Waals surface area contributed by atoms with Crippen LogP contribution in [-0.2, 0) is 0 Å². The van der Waals surface area contributed by atoms with E-state index in [0.29, 0.717) is 16.2 Å². The van der Waals surface area contributed by atoms with Gasteiger partial charge in [0.05, 0.1) is 5.69 Å². The molecule has 1 fully saturated rings. The van der Waals surface area contributed by atoms with Gasteiger partial charge in [-0.1, -0.05) is 12.8 Å². The summed E-state index contributed by atoms with van der Waals surface area (Å²) in [5.74, 6) is 1.12. The Morgan fingerprint density at radius 2 is 1.85 bits per heavy atom. The van der Waals surface area contributed by atoms with Crippen LogP contribution in [0, 0.1) is 0 Å². The number of hydrogen-bond acceptors (Lipinski definition) is 3. The summed E-state index contributed by atoms with van der Waals surface area (Å²) in [4.78, 5) is 19.5. The van der Waals surface area contributed by atoms with Gasteiger partial charge in [0.15, 0.2) is 0 Å². The number of phenols is 1. The molecule has 104 valence electrons. The predicted molar refractivity (Wildman–Crippen MR) is 80.9 cm³/mol. The largest absolute Gasteiger partial charge is 0.508 e. The molecule has 4 nitrogen and oxygen atoms in total. The number of benzene rings is 1. The summed E-state index contributed by atoms with van der Waals surface area (Å²) in [5.41, 5.74) is 1.51. The van der Waals surface area contributed by atoms with Gasteiger partial charge in [0.2, 0.25) is 0 Å². The van der Waals surface area contributed by atoms with Crippen LogP contribution in [0.5, 0.6) is 5.75 Å². The average Bonchev–Trinajstić information content (AvgIpc) is 2.96. The summed E-state index contributed by atoms with van der Waals surface area (Å²) in [5, 5.41) is 9.33. The van der Waals surface area contributed by atoms with Gasteiger partial charge in [0.25, 0.3) is 5.56 Å². The summed E-state index contributed by atoms with van der Waals surface area (Å²) in [7, 11) is 0. The van der Waals surface area contributed by atoms with E-state index in [1.54, 1.807) is 24.3 Å². The fourth-order valence-electron chi connectivity index (χ4n) is 2.70. The third kappa shape index (κ3) is 2.50. The highest BCUT2D eigenvalue weighted by Gasteiger charge is 2.23. The highest BCUT2D eigenvalue weighted by Crippen LogP contribution is 2.36. The predicted octanol–water partition coefficient (Wildman–Crippen LogP) is 3.56. The summed E-state index contributed by atoms with van der Waals surface area (Å²) in [6.45, 7) is 0. The summed E-state index contributed by atoms with van der Waals surface area (Å²) in [6, 6.07) is 6.68. The molecule has 1 aliphatic carbocycles. The number of H-pyrrole nitrogens is 1. The molecule has 3 rings (SSSR count). The van der Waals surface area contributed by atoms with Gasteiger partial charge in [0.1, 0.15) is 16.0 Å². The van der Waals surface area contributed by atoms with Crippen LogP contribution in [0.25, 0.3) is 11.4 Å². The standard InChI is InChI=1S/C15H15BrN2O2/c16-12-13(9-3-1-2-4-9)17-14(18-15(12)20)10-5-7-11(19)8-6-10/h5-9,19H,1-4H2,(H,17,18,20). The summed E-state index contributed by atoms with van der Waals surface area (Å²) in [6.07, 6.45) is 4.56. The van der Waals surface area contributed by atoms with Crippen LogP contribution in [0.2, 0.25) is 0 Å². The zero-order chi connectivity index (χ0) is 14.1. The Morgan fingerprint density at radius 3 is 2.50 bits per heavy atom. The Balaban J connectivity index is 2.08. The number of nitrogens with one attached hydrogen (secondary N) is 1. The first-order chi connectivity index (χ1) is 9.65. The van der Waals surface area contributed by atoms with E-state index >= 15 is 0 Å². The Hall–Kier alpha value is -1.62. The van der Waals surface area contributed by atoms with Gasteiger partial charge < -0.3 is 10.1 Å². The van der Waals surface area contributed by atoms with Crippen LogP contribution in [0.1, 0.15) is 37.3 Å². The number of aromatic amines is 1. The molecular formula is C15H15BrN2O2. The van der Waals surface area contributed by atoms with E-state index in [1.807, 2.05) is 0 Å². The number of rotatable bonds is 2. The second kappa shape index (κ2) is 5.40. The van der Waals surface area contributed by atoms with Gasteiger partial charge in [-0.05, 0) is 53.0 Å². The molecule has 1 heterocycles. The first kappa shape index (κ1) is 13.4. The molecule has 0 aliphatic heterocycles. The number of aromatic nitrogens is 2. The van der Waals surface area contributed by atoms with Crippen molar-refractivity contribution in [2.75, 3.05) is 0 Å². The lowest BCUT2D eigenvalue weighted by Crippen LogP contribution is -2.15. The number of halogens is 1. The monoisotopic (exact) mass is 334 g/mol. The number of aromatic hydroxyl groups is 1. The van der Waals surface area contributed by atoms with E-state index in [2.05, 4.69) is 25.9 Å². The highest BCUT2D eigenvalue weighted by atomic mass is 79.9. The van der Waals surface area contributed by atoms with Crippen LogP contribution in [0.4, 0.5) is 0 Å². The highest BCUT2D eigenvalue weighted by molar-refractivity contribution is 9.10. The van der Waals surface area contributed by atoms with Crippen molar-refractivity contribution in [3.05, 3.63) is 44.8 Å². The Kier molecular flexibility index (Phi) is 3.61. The third-order valence-electron chi connectivity index (χ3n) is 3.77. The lowest BCUT2D eigenvalue weighted by atomic mass is 10.0. The van der Waals surface area contributed by atoms with Crippen molar-refractivity contribution < 1.29 is 5.11 Å². The summed E-state index contributed by atoms with van der Waals surface area (Å²) >= 11 is 3.36. The van der Waals surface area contributed by atoms with Crippen LogP contribution in [-0.4, -0.2) is 15.1 Å². The zero-order valence-corrected chi connectivity index (χ0v) is 12.5. The molecule has 0 spiro atoms. The van der Waals surface area contributed by atoms with Crippen LogP contribution < -0.4 is 5.56 Å². The number of nitrogens with zero attached hydrogens (tertiary/aromatic N) is 1. The molecule has 2 N–H and O–H groups in total. The van der Waals surface area contributed by atoms with E-state index in [0.717, 1.165) is 24.1 Å². The number of hydrogen-bond donors (Lipinski definition) is 2. The van der Waals surface area contributed by atoms with E-state index in [4.69, 9.17) is 0 Å². The van der Waals surface area contributed by atoms with Crippen molar-refractivity contribution in [1.82, 2.24) is 9.97 Å². The van der Waals surface area contributed by atoms with Crippen LogP contribution in [0.15, 0.2) is 33.5 Å². The minimum absolute atomic E-state index is 0.148. The first-order valence-corrected chi connectivity index (χ1v) is 7.53. The van der Waals surface area contributed by atoms with Gasteiger partial charge >= 0.3 is 0 Å². The minimum atomic E-state index is -0.148. The van der Waals surface area contributed by atoms with E-state index < -0.39 is 0 Å².